The second-order valence-corrected chi connectivity index (χ2v) is 4.86. The number of hydrogen-bond acceptors (Lipinski definition) is 4. The van der Waals surface area contributed by atoms with Crippen molar-refractivity contribution in [2.75, 3.05) is 26.0 Å². The Hall–Kier alpha value is -1.06. The number of rotatable bonds is 6. The van der Waals surface area contributed by atoms with Gasteiger partial charge in [0.15, 0.2) is 0 Å². The summed E-state index contributed by atoms with van der Waals surface area (Å²) in [6.07, 6.45) is 4.88. The summed E-state index contributed by atoms with van der Waals surface area (Å²) in [5, 5.41) is 0. The maximum Gasteiger partial charge on any atom is 0.306 e. The Balaban J connectivity index is 4.40. The van der Waals surface area contributed by atoms with Crippen molar-refractivity contribution < 1.29 is 17.9 Å². The minimum atomic E-state index is -3.45. The minimum absolute atomic E-state index is 0.0278. The second kappa shape index (κ2) is 6.43. The zero-order valence-electron chi connectivity index (χ0n) is 8.89. The van der Waals surface area contributed by atoms with Crippen LogP contribution in [0.1, 0.15) is 13.3 Å². The molecule has 86 valence electrons. The molecule has 0 saturated carbocycles. The van der Waals surface area contributed by atoms with Gasteiger partial charge in [-0.3, -0.25) is 4.79 Å². The van der Waals surface area contributed by atoms with Crippen LogP contribution in [0.5, 0.6) is 0 Å². The predicted molar refractivity (Wildman–Crippen MR) is 56.5 cm³/mol. The molecule has 0 aliphatic rings. The average molecular weight is 233 g/mol. The first-order chi connectivity index (χ1) is 6.97. The van der Waals surface area contributed by atoms with Gasteiger partial charge in [-0.2, -0.15) is 4.31 Å². The Kier molecular flexibility index (Phi) is 5.97. The van der Waals surface area contributed by atoms with E-state index in [0.717, 1.165) is 4.31 Å². The monoisotopic (exact) mass is 233 g/mol. The molecule has 0 unspecified atom stereocenters. The van der Waals surface area contributed by atoms with Crippen molar-refractivity contribution in [2.45, 2.75) is 13.3 Å². The van der Waals surface area contributed by atoms with Crippen LogP contribution >= 0.6 is 0 Å². The van der Waals surface area contributed by atoms with Crippen LogP contribution < -0.4 is 0 Å². The normalized spacial score (nSPS) is 11.1. The van der Waals surface area contributed by atoms with Crippen molar-refractivity contribution in [2.24, 2.45) is 0 Å². The van der Waals surface area contributed by atoms with Crippen LogP contribution in [0.25, 0.3) is 0 Å². The fourth-order valence-corrected chi connectivity index (χ4v) is 2.30. The molecule has 0 amide bonds. The molecule has 0 N–H and O–H groups in total. The molecule has 5 nitrogen and oxygen atoms in total. The van der Waals surface area contributed by atoms with Crippen molar-refractivity contribution >= 4 is 16.0 Å². The Morgan fingerprint density at radius 2 is 2.13 bits per heavy atom. The first kappa shape index (κ1) is 13.9. The topological polar surface area (TPSA) is 63.7 Å². The van der Waals surface area contributed by atoms with E-state index in [4.69, 9.17) is 6.42 Å². The number of methoxy groups -OCH3 is 1. The molecule has 0 bridgehead atoms. The van der Waals surface area contributed by atoms with E-state index in [0.29, 0.717) is 6.54 Å². The Morgan fingerprint density at radius 3 is 2.53 bits per heavy atom. The van der Waals surface area contributed by atoms with E-state index in [9.17, 15) is 13.2 Å². The van der Waals surface area contributed by atoms with Gasteiger partial charge in [0.1, 0.15) is 0 Å². The van der Waals surface area contributed by atoms with Gasteiger partial charge in [0.2, 0.25) is 10.0 Å². The average Bonchev–Trinajstić information content (AvgIpc) is 2.22. The molecule has 0 aromatic heterocycles. The first-order valence-corrected chi connectivity index (χ1v) is 6.07. The van der Waals surface area contributed by atoms with E-state index in [1.165, 1.54) is 7.11 Å². The molecule has 0 saturated heterocycles. The van der Waals surface area contributed by atoms with Gasteiger partial charge in [0.05, 0.1) is 25.8 Å². The molecule has 0 aromatic rings. The zero-order chi connectivity index (χ0) is 11.9. The van der Waals surface area contributed by atoms with Gasteiger partial charge in [-0.15, -0.1) is 6.42 Å². The Labute approximate surface area is 90.5 Å². The van der Waals surface area contributed by atoms with Crippen LogP contribution in [-0.4, -0.2) is 44.6 Å². The van der Waals surface area contributed by atoms with E-state index in [2.05, 4.69) is 10.7 Å². The predicted octanol–water partition coefficient (Wildman–Crippen LogP) is -0.166. The van der Waals surface area contributed by atoms with Crippen LogP contribution in [0.3, 0.4) is 0 Å². The summed E-state index contributed by atoms with van der Waals surface area (Å²) >= 11 is 0. The minimum Gasteiger partial charge on any atom is -0.469 e. The van der Waals surface area contributed by atoms with E-state index in [1.807, 2.05) is 0 Å². The Bertz CT molecular complexity index is 342. The van der Waals surface area contributed by atoms with E-state index in [1.54, 1.807) is 6.92 Å². The van der Waals surface area contributed by atoms with Crippen molar-refractivity contribution in [3.05, 3.63) is 0 Å². The van der Waals surface area contributed by atoms with Gasteiger partial charge in [-0.05, 0) is 0 Å². The van der Waals surface area contributed by atoms with Crippen LogP contribution in [0, 0.1) is 12.3 Å². The van der Waals surface area contributed by atoms with Crippen LogP contribution in [0.15, 0.2) is 0 Å². The smallest absolute Gasteiger partial charge is 0.306 e. The lowest BCUT2D eigenvalue weighted by atomic mass is 10.5. The third kappa shape index (κ3) is 4.81. The van der Waals surface area contributed by atoms with E-state index < -0.39 is 16.0 Å². The van der Waals surface area contributed by atoms with Crippen LogP contribution in [0.2, 0.25) is 0 Å². The molecule has 0 heterocycles. The fourth-order valence-electron chi connectivity index (χ4n) is 0.952. The number of esters is 1. The Morgan fingerprint density at radius 1 is 1.53 bits per heavy atom. The molecule has 0 aliphatic heterocycles. The van der Waals surface area contributed by atoms with Gasteiger partial charge < -0.3 is 4.74 Å². The molecule has 0 atom stereocenters. The largest absolute Gasteiger partial charge is 0.469 e. The van der Waals surface area contributed by atoms with E-state index >= 15 is 0 Å². The molecule has 15 heavy (non-hydrogen) atoms. The third-order valence-electron chi connectivity index (χ3n) is 1.81. The van der Waals surface area contributed by atoms with Gasteiger partial charge in [0, 0.05) is 6.54 Å². The third-order valence-corrected chi connectivity index (χ3v) is 3.70. The van der Waals surface area contributed by atoms with Crippen molar-refractivity contribution in [1.82, 2.24) is 4.31 Å². The number of hydrogen-bond donors (Lipinski definition) is 0. The molecule has 0 rings (SSSR count). The summed E-state index contributed by atoms with van der Waals surface area (Å²) in [5.74, 6) is 1.44. The van der Waals surface area contributed by atoms with Crippen LogP contribution in [0.4, 0.5) is 0 Å². The molecule has 0 aliphatic carbocycles. The van der Waals surface area contributed by atoms with Gasteiger partial charge in [-0.1, -0.05) is 12.8 Å². The first-order valence-electron chi connectivity index (χ1n) is 4.46. The lowest BCUT2D eigenvalue weighted by Crippen LogP contribution is -2.33. The molecule has 0 fully saturated rings. The quantitative estimate of drug-likeness (QED) is 0.472. The highest BCUT2D eigenvalue weighted by Crippen LogP contribution is 2.03. The molecule has 0 radical (unpaired) electrons. The number of nitrogens with zero attached hydrogens (tertiary/aromatic N) is 1. The van der Waals surface area contributed by atoms with E-state index in [-0.39, 0.29) is 18.7 Å². The maximum atomic E-state index is 11.6. The summed E-state index contributed by atoms with van der Waals surface area (Å²) in [6.45, 7) is 2.01. The highest BCUT2D eigenvalue weighted by Gasteiger charge is 2.20. The maximum absolute atomic E-state index is 11.6. The fraction of sp³-hybridized carbons (Fsp3) is 0.667. The molecular weight excluding hydrogens is 218 g/mol. The summed E-state index contributed by atoms with van der Waals surface area (Å²) in [6, 6.07) is 0. The number of terminal acetylenes is 1. The zero-order valence-corrected chi connectivity index (χ0v) is 9.71. The number of carbonyl (C=O) groups is 1. The van der Waals surface area contributed by atoms with Crippen molar-refractivity contribution in [1.29, 1.82) is 0 Å². The SMILES string of the molecule is C#CCN(CC)S(=O)(=O)CCC(=O)OC. The van der Waals surface area contributed by atoms with Gasteiger partial charge in [-0.25, -0.2) is 8.42 Å². The van der Waals surface area contributed by atoms with Crippen molar-refractivity contribution in [3.63, 3.8) is 0 Å². The summed E-state index contributed by atoms with van der Waals surface area (Å²) < 4.78 is 28.7. The molecule has 0 spiro atoms. The van der Waals surface area contributed by atoms with Gasteiger partial charge in [0.25, 0.3) is 0 Å². The van der Waals surface area contributed by atoms with Gasteiger partial charge >= 0.3 is 5.97 Å². The molecular formula is C9H15NO4S. The molecule has 6 heteroatoms. The summed E-state index contributed by atoms with van der Waals surface area (Å²) in [7, 11) is -2.23. The number of sulfonamides is 1. The second-order valence-electron chi connectivity index (χ2n) is 2.77. The highest BCUT2D eigenvalue weighted by molar-refractivity contribution is 7.89. The summed E-state index contributed by atoms with van der Waals surface area (Å²) in [5.41, 5.74) is 0. The van der Waals surface area contributed by atoms with Crippen molar-refractivity contribution in [3.8, 4) is 12.3 Å². The standard InChI is InChI=1S/C9H15NO4S/c1-4-7-10(5-2)15(12,13)8-6-9(11)14-3/h1H,5-8H2,2-3H3. The highest BCUT2D eigenvalue weighted by atomic mass is 32.2. The lowest BCUT2D eigenvalue weighted by Gasteiger charge is -2.17. The number of ether oxygens (including phenoxy) is 1. The summed E-state index contributed by atoms with van der Waals surface area (Å²) in [4.78, 5) is 10.8. The number of carbonyl (C=O) groups excluding carboxylic acids is 1. The molecule has 0 aromatic carbocycles. The van der Waals surface area contributed by atoms with Crippen LogP contribution in [-0.2, 0) is 19.6 Å². The lowest BCUT2D eigenvalue weighted by molar-refractivity contribution is -0.140.